The van der Waals surface area contributed by atoms with Gasteiger partial charge in [0.25, 0.3) is 0 Å². The first-order valence-corrected chi connectivity index (χ1v) is 9.62. The summed E-state index contributed by atoms with van der Waals surface area (Å²) in [5.74, 6) is -0.304. The van der Waals surface area contributed by atoms with E-state index in [1.54, 1.807) is 0 Å². The first-order chi connectivity index (χ1) is 12.6. The lowest BCUT2D eigenvalue weighted by atomic mass is 10.0. The molecule has 2 aromatic rings. The molecule has 26 heavy (non-hydrogen) atoms. The van der Waals surface area contributed by atoms with E-state index in [0.717, 1.165) is 36.8 Å². The molecule has 0 heterocycles. The summed E-state index contributed by atoms with van der Waals surface area (Å²) in [5.41, 5.74) is 4.17. The smallest absolute Gasteiger partial charge is 0.338 e. The van der Waals surface area contributed by atoms with Gasteiger partial charge in [0.05, 0.1) is 12.2 Å². The third kappa shape index (κ3) is 6.30. The van der Waals surface area contributed by atoms with E-state index in [2.05, 4.69) is 38.1 Å². The minimum Gasteiger partial charge on any atom is -0.457 e. The normalized spacial score (nSPS) is 12.0. The molecule has 0 aliphatic heterocycles. The maximum absolute atomic E-state index is 12.2. The van der Waals surface area contributed by atoms with Crippen molar-refractivity contribution in [1.29, 1.82) is 0 Å². The zero-order valence-corrected chi connectivity index (χ0v) is 16.2. The zero-order chi connectivity index (χ0) is 18.8. The van der Waals surface area contributed by atoms with Crippen LogP contribution in [0.1, 0.15) is 56.0 Å². The van der Waals surface area contributed by atoms with Crippen molar-refractivity contribution in [2.45, 2.75) is 52.6 Å². The topological polar surface area (TPSA) is 35.5 Å². The van der Waals surface area contributed by atoms with Gasteiger partial charge in [0, 0.05) is 6.61 Å². The van der Waals surface area contributed by atoms with Gasteiger partial charge in [-0.3, -0.25) is 0 Å². The monoisotopic (exact) mass is 354 g/mol. The Morgan fingerprint density at radius 3 is 2.12 bits per heavy atom. The van der Waals surface area contributed by atoms with Gasteiger partial charge in [0.2, 0.25) is 0 Å². The molecule has 0 aliphatic carbocycles. The Hall–Kier alpha value is -2.13. The highest BCUT2D eigenvalue weighted by molar-refractivity contribution is 5.90. The molecule has 0 amide bonds. The van der Waals surface area contributed by atoms with Gasteiger partial charge >= 0.3 is 5.97 Å². The summed E-state index contributed by atoms with van der Waals surface area (Å²) in [6, 6.07) is 16.2. The molecule has 0 saturated carbocycles. The summed E-state index contributed by atoms with van der Waals surface area (Å²) in [7, 11) is 0. The van der Waals surface area contributed by atoms with Crippen molar-refractivity contribution >= 4 is 5.97 Å². The molecular weight excluding hydrogens is 324 g/mol. The predicted molar refractivity (Wildman–Crippen MR) is 106 cm³/mol. The van der Waals surface area contributed by atoms with Crippen LogP contribution in [0.4, 0.5) is 0 Å². The van der Waals surface area contributed by atoms with E-state index in [0.29, 0.717) is 18.8 Å². The maximum atomic E-state index is 12.2. The average Bonchev–Trinajstić information content (AvgIpc) is 2.66. The van der Waals surface area contributed by atoms with Gasteiger partial charge in [-0.1, -0.05) is 63.1 Å². The summed E-state index contributed by atoms with van der Waals surface area (Å²) in [5, 5.41) is 0. The molecule has 0 N–H and O–H groups in total. The minimum absolute atomic E-state index is 0.245. The quantitative estimate of drug-likeness (QED) is 0.407. The molecule has 140 valence electrons. The Morgan fingerprint density at radius 2 is 1.54 bits per heavy atom. The molecule has 0 bridgehead atoms. The highest BCUT2D eigenvalue weighted by Gasteiger charge is 2.12. The van der Waals surface area contributed by atoms with Gasteiger partial charge in [-0.05, 0) is 48.6 Å². The van der Waals surface area contributed by atoms with Crippen molar-refractivity contribution in [2.75, 3.05) is 13.2 Å². The van der Waals surface area contributed by atoms with Gasteiger partial charge in [0.1, 0.15) is 6.10 Å². The summed E-state index contributed by atoms with van der Waals surface area (Å²) in [4.78, 5) is 12.2. The molecule has 2 rings (SSSR count). The molecule has 0 saturated heterocycles. The number of esters is 1. The fraction of sp³-hybridized carbons (Fsp3) is 0.435. The average molecular weight is 354 g/mol. The molecule has 0 aliphatic rings. The third-order valence-electron chi connectivity index (χ3n) is 4.25. The second-order valence-electron chi connectivity index (χ2n) is 6.67. The second kappa shape index (κ2) is 10.8. The van der Waals surface area contributed by atoms with Gasteiger partial charge in [-0.2, -0.15) is 0 Å². The van der Waals surface area contributed by atoms with E-state index in [9.17, 15) is 4.79 Å². The number of benzene rings is 2. The molecule has 1 unspecified atom stereocenters. The highest BCUT2D eigenvalue weighted by Crippen LogP contribution is 2.21. The van der Waals surface area contributed by atoms with Gasteiger partial charge in [0.15, 0.2) is 0 Å². The summed E-state index contributed by atoms with van der Waals surface area (Å²) >= 11 is 0. The largest absolute Gasteiger partial charge is 0.457 e. The highest BCUT2D eigenvalue weighted by atomic mass is 16.6. The number of ether oxygens (including phenoxy) is 2. The van der Waals surface area contributed by atoms with Crippen molar-refractivity contribution in [3.8, 4) is 11.1 Å². The van der Waals surface area contributed by atoms with E-state index < -0.39 is 0 Å². The summed E-state index contributed by atoms with van der Waals surface area (Å²) < 4.78 is 10.9. The fourth-order valence-corrected chi connectivity index (χ4v) is 2.73. The van der Waals surface area contributed by atoms with E-state index in [4.69, 9.17) is 9.47 Å². The number of rotatable bonds is 10. The minimum atomic E-state index is -0.304. The lowest BCUT2D eigenvalue weighted by Crippen LogP contribution is -2.20. The molecule has 1 atom stereocenters. The molecule has 0 spiro atoms. The maximum Gasteiger partial charge on any atom is 0.338 e. The van der Waals surface area contributed by atoms with E-state index in [1.807, 2.05) is 31.2 Å². The summed E-state index contributed by atoms with van der Waals surface area (Å²) in [6.07, 6.45) is 4.14. The molecule has 3 heteroatoms. The van der Waals surface area contributed by atoms with Crippen LogP contribution >= 0.6 is 0 Å². The van der Waals surface area contributed by atoms with Gasteiger partial charge in [-0.25, -0.2) is 4.79 Å². The Labute approximate surface area is 157 Å². The SMILES string of the molecule is CCCCOCC(C)OC(=O)c1ccc(-c2ccc(CCC)cc2)cc1. The first kappa shape index (κ1) is 20.2. The van der Waals surface area contributed by atoms with Crippen LogP contribution < -0.4 is 0 Å². The molecule has 0 radical (unpaired) electrons. The lowest BCUT2D eigenvalue weighted by molar-refractivity contribution is 0.00169. The fourth-order valence-electron chi connectivity index (χ4n) is 2.73. The lowest BCUT2D eigenvalue weighted by Gasteiger charge is -2.14. The number of unbranched alkanes of at least 4 members (excludes halogenated alkanes) is 1. The molecule has 0 fully saturated rings. The van der Waals surface area contributed by atoms with Crippen LogP contribution in [0.3, 0.4) is 0 Å². The van der Waals surface area contributed by atoms with E-state index >= 15 is 0 Å². The van der Waals surface area contributed by atoms with Crippen LogP contribution in [0.2, 0.25) is 0 Å². The number of hydrogen-bond donors (Lipinski definition) is 0. The molecular formula is C23H30O3. The predicted octanol–water partition coefficient (Wildman–Crippen LogP) is 5.67. The molecule has 2 aromatic carbocycles. The second-order valence-corrected chi connectivity index (χ2v) is 6.67. The standard InChI is InChI=1S/C23H30O3/c1-4-6-16-25-17-18(3)26-23(24)22-14-12-21(13-15-22)20-10-8-19(7-5-2)9-11-20/h8-15,18H,4-7,16-17H2,1-3H3. The van der Waals surface area contributed by atoms with Crippen molar-refractivity contribution in [2.24, 2.45) is 0 Å². The Kier molecular flexibility index (Phi) is 8.36. The van der Waals surface area contributed by atoms with Crippen LogP contribution in [0, 0.1) is 0 Å². The Balaban J connectivity index is 1.90. The van der Waals surface area contributed by atoms with Crippen molar-refractivity contribution in [1.82, 2.24) is 0 Å². The van der Waals surface area contributed by atoms with Gasteiger partial charge in [-0.15, -0.1) is 0 Å². The molecule has 3 nitrogen and oxygen atoms in total. The van der Waals surface area contributed by atoms with Crippen molar-refractivity contribution in [3.63, 3.8) is 0 Å². The van der Waals surface area contributed by atoms with Crippen molar-refractivity contribution < 1.29 is 14.3 Å². The van der Waals surface area contributed by atoms with Crippen LogP contribution in [-0.4, -0.2) is 25.3 Å². The number of carbonyl (C=O) groups excluding carboxylic acids is 1. The Bertz CT molecular complexity index is 659. The van der Waals surface area contributed by atoms with Gasteiger partial charge < -0.3 is 9.47 Å². The summed E-state index contributed by atoms with van der Waals surface area (Å²) in [6.45, 7) is 7.31. The first-order valence-electron chi connectivity index (χ1n) is 9.62. The number of carbonyl (C=O) groups is 1. The Morgan fingerprint density at radius 1 is 0.923 bits per heavy atom. The number of aryl methyl sites for hydroxylation is 1. The third-order valence-corrected chi connectivity index (χ3v) is 4.25. The van der Waals surface area contributed by atoms with Crippen LogP contribution in [-0.2, 0) is 15.9 Å². The zero-order valence-electron chi connectivity index (χ0n) is 16.2. The van der Waals surface area contributed by atoms with E-state index in [-0.39, 0.29) is 12.1 Å². The molecule has 0 aromatic heterocycles. The van der Waals surface area contributed by atoms with Crippen LogP contribution in [0.5, 0.6) is 0 Å². The number of hydrogen-bond acceptors (Lipinski definition) is 3. The van der Waals surface area contributed by atoms with E-state index in [1.165, 1.54) is 5.56 Å². The van der Waals surface area contributed by atoms with Crippen LogP contribution in [0.15, 0.2) is 48.5 Å². The van der Waals surface area contributed by atoms with Crippen molar-refractivity contribution in [3.05, 3.63) is 59.7 Å². The van der Waals surface area contributed by atoms with Crippen LogP contribution in [0.25, 0.3) is 11.1 Å².